The van der Waals surface area contributed by atoms with Crippen molar-refractivity contribution in [3.05, 3.63) is 18.2 Å². The minimum atomic E-state index is 0.471. The fourth-order valence-corrected chi connectivity index (χ4v) is 2.71. The number of hydrogen-bond donors (Lipinski definition) is 1. The Morgan fingerprint density at radius 3 is 3.07 bits per heavy atom. The number of imidazole rings is 1. The standard InChI is InChI=1S/C12H21N3/c1-12(2)5-3-4-10(6-12)15-9-14-8-11(15)7-13/h8-10H,3-7,13H2,1-2H3. The molecule has 3 nitrogen and oxygen atoms in total. The lowest BCUT2D eigenvalue weighted by molar-refractivity contribution is 0.181. The van der Waals surface area contributed by atoms with Crippen molar-refractivity contribution in [3.8, 4) is 0 Å². The number of nitrogens with two attached hydrogens (primary N) is 1. The largest absolute Gasteiger partial charge is 0.330 e. The fourth-order valence-electron chi connectivity index (χ4n) is 2.71. The van der Waals surface area contributed by atoms with Crippen LogP contribution in [0.2, 0.25) is 0 Å². The molecule has 0 aromatic carbocycles. The molecule has 0 saturated heterocycles. The maximum atomic E-state index is 5.71. The second kappa shape index (κ2) is 3.97. The first-order valence-corrected chi connectivity index (χ1v) is 5.83. The lowest BCUT2D eigenvalue weighted by atomic mass is 9.75. The molecule has 2 rings (SSSR count). The first kappa shape index (κ1) is 10.7. The van der Waals surface area contributed by atoms with Crippen LogP contribution in [0.5, 0.6) is 0 Å². The Bertz CT molecular complexity index is 327. The maximum absolute atomic E-state index is 5.71. The molecule has 1 aliphatic rings. The highest BCUT2D eigenvalue weighted by atomic mass is 15.1. The van der Waals surface area contributed by atoms with E-state index in [2.05, 4.69) is 23.4 Å². The summed E-state index contributed by atoms with van der Waals surface area (Å²) in [5, 5.41) is 0. The molecule has 1 heterocycles. The predicted octanol–water partition coefficient (Wildman–Crippen LogP) is 2.48. The summed E-state index contributed by atoms with van der Waals surface area (Å²) in [5.41, 5.74) is 7.34. The molecule has 0 aliphatic heterocycles. The lowest BCUT2D eigenvalue weighted by Crippen LogP contribution is -2.26. The van der Waals surface area contributed by atoms with Gasteiger partial charge in [-0.05, 0) is 24.7 Å². The average molecular weight is 207 g/mol. The smallest absolute Gasteiger partial charge is 0.0951 e. The Morgan fingerprint density at radius 2 is 2.40 bits per heavy atom. The van der Waals surface area contributed by atoms with E-state index in [1.165, 1.54) is 25.7 Å². The summed E-state index contributed by atoms with van der Waals surface area (Å²) >= 11 is 0. The highest BCUT2D eigenvalue weighted by Gasteiger charge is 2.29. The van der Waals surface area contributed by atoms with Crippen LogP contribution in [0.25, 0.3) is 0 Å². The SMILES string of the molecule is CC1(C)CCCC(n2cncc2CN)C1. The van der Waals surface area contributed by atoms with Gasteiger partial charge in [-0.25, -0.2) is 4.98 Å². The van der Waals surface area contributed by atoms with E-state index in [0.29, 0.717) is 18.0 Å². The van der Waals surface area contributed by atoms with Gasteiger partial charge < -0.3 is 10.3 Å². The molecule has 1 aliphatic carbocycles. The van der Waals surface area contributed by atoms with Gasteiger partial charge in [0.15, 0.2) is 0 Å². The maximum Gasteiger partial charge on any atom is 0.0951 e. The van der Waals surface area contributed by atoms with Crippen LogP contribution < -0.4 is 5.73 Å². The van der Waals surface area contributed by atoms with Gasteiger partial charge >= 0.3 is 0 Å². The van der Waals surface area contributed by atoms with Crippen molar-refractivity contribution in [2.24, 2.45) is 11.1 Å². The zero-order valence-electron chi connectivity index (χ0n) is 9.74. The third kappa shape index (κ3) is 2.23. The molecule has 84 valence electrons. The first-order chi connectivity index (χ1) is 7.12. The van der Waals surface area contributed by atoms with Crippen LogP contribution in [0.1, 0.15) is 51.3 Å². The molecule has 0 amide bonds. The number of rotatable bonds is 2. The van der Waals surface area contributed by atoms with Crippen molar-refractivity contribution >= 4 is 0 Å². The van der Waals surface area contributed by atoms with Crippen LogP contribution in [0.3, 0.4) is 0 Å². The minimum Gasteiger partial charge on any atom is -0.330 e. The molecule has 1 atom stereocenters. The normalized spacial score (nSPS) is 25.4. The molecular formula is C12H21N3. The Labute approximate surface area is 91.7 Å². The third-order valence-electron chi connectivity index (χ3n) is 3.53. The van der Waals surface area contributed by atoms with Gasteiger partial charge in [-0.1, -0.05) is 20.3 Å². The molecule has 0 bridgehead atoms. The van der Waals surface area contributed by atoms with Gasteiger partial charge in [0, 0.05) is 18.8 Å². The fraction of sp³-hybridized carbons (Fsp3) is 0.750. The van der Waals surface area contributed by atoms with E-state index in [-0.39, 0.29) is 0 Å². The molecular weight excluding hydrogens is 186 g/mol. The summed E-state index contributed by atoms with van der Waals surface area (Å²) in [4.78, 5) is 4.20. The predicted molar refractivity (Wildman–Crippen MR) is 61.4 cm³/mol. The lowest BCUT2D eigenvalue weighted by Gasteiger charge is -2.36. The van der Waals surface area contributed by atoms with Gasteiger partial charge in [0.05, 0.1) is 12.0 Å². The topological polar surface area (TPSA) is 43.8 Å². The summed E-state index contributed by atoms with van der Waals surface area (Å²) < 4.78 is 2.28. The van der Waals surface area contributed by atoms with Gasteiger partial charge in [-0.3, -0.25) is 0 Å². The summed E-state index contributed by atoms with van der Waals surface area (Å²) in [6, 6.07) is 0.606. The third-order valence-corrected chi connectivity index (χ3v) is 3.53. The summed E-state index contributed by atoms with van der Waals surface area (Å²) in [6.07, 6.45) is 9.01. The molecule has 2 N–H and O–H groups in total. The number of nitrogens with zero attached hydrogens (tertiary/aromatic N) is 2. The Hall–Kier alpha value is -0.830. The highest BCUT2D eigenvalue weighted by Crippen LogP contribution is 2.41. The molecule has 0 radical (unpaired) electrons. The van der Waals surface area contributed by atoms with Crippen molar-refractivity contribution in [2.75, 3.05) is 0 Å². The second-order valence-electron chi connectivity index (χ2n) is 5.41. The van der Waals surface area contributed by atoms with Crippen molar-refractivity contribution in [1.82, 2.24) is 9.55 Å². The summed E-state index contributed by atoms with van der Waals surface area (Å²) in [7, 11) is 0. The summed E-state index contributed by atoms with van der Waals surface area (Å²) in [5.74, 6) is 0. The van der Waals surface area contributed by atoms with Crippen molar-refractivity contribution in [3.63, 3.8) is 0 Å². The second-order valence-corrected chi connectivity index (χ2v) is 5.41. The zero-order chi connectivity index (χ0) is 10.9. The molecule has 0 spiro atoms. The van der Waals surface area contributed by atoms with E-state index in [0.717, 1.165) is 5.69 Å². The van der Waals surface area contributed by atoms with Gasteiger partial charge in [0.1, 0.15) is 0 Å². The Morgan fingerprint density at radius 1 is 1.60 bits per heavy atom. The number of aromatic nitrogens is 2. The van der Waals surface area contributed by atoms with Crippen LogP contribution in [0.4, 0.5) is 0 Å². The van der Waals surface area contributed by atoms with Gasteiger partial charge in [0.25, 0.3) is 0 Å². The molecule has 1 unspecified atom stereocenters. The summed E-state index contributed by atoms with van der Waals surface area (Å²) in [6.45, 7) is 5.31. The Kier molecular flexibility index (Phi) is 2.83. The van der Waals surface area contributed by atoms with Crippen molar-refractivity contribution in [2.45, 2.75) is 52.1 Å². The van der Waals surface area contributed by atoms with E-state index in [1.807, 2.05) is 12.5 Å². The first-order valence-electron chi connectivity index (χ1n) is 5.83. The van der Waals surface area contributed by atoms with E-state index in [4.69, 9.17) is 5.73 Å². The molecule has 1 aromatic rings. The van der Waals surface area contributed by atoms with Crippen LogP contribution in [-0.2, 0) is 6.54 Å². The Balaban J connectivity index is 2.17. The van der Waals surface area contributed by atoms with Crippen LogP contribution in [-0.4, -0.2) is 9.55 Å². The van der Waals surface area contributed by atoms with E-state index in [1.54, 1.807) is 0 Å². The minimum absolute atomic E-state index is 0.471. The highest BCUT2D eigenvalue weighted by molar-refractivity contribution is 5.01. The molecule has 1 saturated carbocycles. The van der Waals surface area contributed by atoms with Gasteiger partial charge in [0.2, 0.25) is 0 Å². The van der Waals surface area contributed by atoms with E-state index >= 15 is 0 Å². The van der Waals surface area contributed by atoms with Gasteiger partial charge in [-0.2, -0.15) is 0 Å². The number of hydrogen-bond acceptors (Lipinski definition) is 2. The van der Waals surface area contributed by atoms with E-state index in [9.17, 15) is 0 Å². The van der Waals surface area contributed by atoms with Crippen LogP contribution in [0, 0.1) is 5.41 Å². The van der Waals surface area contributed by atoms with Crippen LogP contribution in [0.15, 0.2) is 12.5 Å². The average Bonchev–Trinajstić information content (AvgIpc) is 2.63. The van der Waals surface area contributed by atoms with Crippen LogP contribution >= 0.6 is 0 Å². The molecule has 1 fully saturated rings. The molecule has 15 heavy (non-hydrogen) atoms. The zero-order valence-corrected chi connectivity index (χ0v) is 9.74. The quantitative estimate of drug-likeness (QED) is 0.809. The van der Waals surface area contributed by atoms with Crippen molar-refractivity contribution in [1.29, 1.82) is 0 Å². The monoisotopic (exact) mass is 207 g/mol. The van der Waals surface area contributed by atoms with Crippen molar-refractivity contribution < 1.29 is 0 Å². The van der Waals surface area contributed by atoms with E-state index < -0.39 is 0 Å². The molecule has 3 heteroatoms. The molecule has 1 aromatic heterocycles. The van der Waals surface area contributed by atoms with Gasteiger partial charge in [-0.15, -0.1) is 0 Å².